The summed E-state index contributed by atoms with van der Waals surface area (Å²) in [5, 5.41) is 0. The topological polar surface area (TPSA) is 22.1 Å². The minimum atomic E-state index is 0.593. The van der Waals surface area contributed by atoms with E-state index in [4.69, 9.17) is 4.99 Å². The van der Waals surface area contributed by atoms with Crippen LogP contribution in [0, 0.1) is 0 Å². The lowest BCUT2D eigenvalue weighted by Gasteiger charge is -2.48. The van der Waals surface area contributed by atoms with Crippen molar-refractivity contribution in [1.29, 1.82) is 0 Å². The molecule has 0 spiro atoms. The molecule has 2 unspecified atom stereocenters. The first-order valence-electron chi connectivity index (χ1n) is 10.8. The zero-order chi connectivity index (χ0) is 18.4. The molecule has 0 aromatic heterocycles. The standard InChI is InChI=1S/C22H32N4S/c1-16(2)17-6-10-21(11-7-17)27-25-13-12-23-22(25)26-19-8-9-20(26)15-24(14-19)18-4-3-5-18/h6-7,10-11,16,18-20H,3-5,8-9,12-15H2,1-2H3. The van der Waals surface area contributed by atoms with Gasteiger partial charge in [0.1, 0.15) is 0 Å². The molecule has 4 nitrogen and oxygen atoms in total. The zero-order valence-electron chi connectivity index (χ0n) is 16.7. The van der Waals surface area contributed by atoms with Crippen LogP contribution in [0.2, 0.25) is 0 Å². The molecule has 2 saturated heterocycles. The molecule has 0 radical (unpaired) electrons. The molecule has 1 saturated carbocycles. The summed E-state index contributed by atoms with van der Waals surface area (Å²) in [7, 11) is 0. The van der Waals surface area contributed by atoms with Gasteiger partial charge in [-0.05, 0) is 61.2 Å². The normalized spacial score (nSPS) is 28.8. The molecule has 2 bridgehead atoms. The Bertz CT molecular complexity index is 683. The number of fused-ring (bicyclic) bond motifs is 2. The van der Waals surface area contributed by atoms with Gasteiger partial charge in [-0.15, -0.1) is 0 Å². The monoisotopic (exact) mass is 384 g/mol. The molecule has 1 aliphatic carbocycles. The van der Waals surface area contributed by atoms with E-state index in [0.29, 0.717) is 18.0 Å². The lowest BCUT2D eigenvalue weighted by atomic mass is 9.90. The van der Waals surface area contributed by atoms with Crippen LogP contribution in [0.25, 0.3) is 0 Å². The number of hydrogen-bond donors (Lipinski definition) is 0. The summed E-state index contributed by atoms with van der Waals surface area (Å²) in [5.41, 5.74) is 1.42. The number of piperazine rings is 1. The minimum absolute atomic E-state index is 0.593. The van der Waals surface area contributed by atoms with E-state index in [1.54, 1.807) is 0 Å². The number of likely N-dealkylation sites (tertiary alicyclic amines) is 1. The van der Waals surface area contributed by atoms with Gasteiger partial charge < -0.3 is 4.90 Å². The van der Waals surface area contributed by atoms with Crippen LogP contribution >= 0.6 is 11.9 Å². The van der Waals surface area contributed by atoms with Crippen molar-refractivity contribution in [3.8, 4) is 0 Å². The smallest absolute Gasteiger partial charge is 0.207 e. The summed E-state index contributed by atoms with van der Waals surface area (Å²) in [5.74, 6) is 1.85. The lowest BCUT2D eigenvalue weighted by molar-refractivity contribution is 0.0468. The first-order chi connectivity index (χ1) is 13.2. The van der Waals surface area contributed by atoms with Gasteiger partial charge in [0.2, 0.25) is 5.96 Å². The van der Waals surface area contributed by atoms with Crippen molar-refractivity contribution in [2.24, 2.45) is 4.99 Å². The van der Waals surface area contributed by atoms with Gasteiger partial charge in [-0.1, -0.05) is 32.4 Å². The largest absolute Gasteiger partial charge is 0.334 e. The van der Waals surface area contributed by atoms with E-state index in [0.717, 1.165) is 19.1 Å². The molecule has 4 aliphatic rings. The van der Waals surface area contributed by atoms with E-state index < -0.39 is 0 Å². The Kier molecular flexibility index (Phi) is 4.85. The van der Waals surface area contributed by atoms with Crippen LogP contribution in [-0.4, -0.2) is 64.4 Å². The second-order valence-corrected chi connectivity index (χ2v) is 10.0. The summed E-state index contributed by atoms with van der Waals surface area (Å²) in [6, 6.07) is 11.3. The van der Waals surface area contributed by atoms with Crippen LogP contribution in [-0.2, 0) is 0 Å². The molecule has 1 aromatic rings. The third kappa shape index (κ3) is 3.38. The molecule has 3 aliphatic heterocycles. The number of benzene rings is 1. The molecule has 2 atom stereocenters. The maximum atomic E-state index is 4.96. The second kappa shape index (κ2) is 7.32. The first kappa shape index (κ1) is 17.9. The highest BCUT2D eigenvalue weighted by atomic mass is 32.2. The van der Waals surface area contributed by atoms with Gasteiger partial charge in [-0.3, -0.25) is 14.2 Å². The highest BCUT2D eigenvalue weighted by molar-refractivity contribution is 7.97. The molecule has 146 valence electrons. The van der Waals surface area contributed by atoms with Crippen molar-refractivity contribution in [2.75, 3.05) is 26.2 Å². The summed E-state index contributed by atoms with van der Waals surface area (Å²) in [6.45, 7) is 8.99. The van der Waals surface area contributed by atoms with Gasteiger partial charge in [-0.25, -0.2) is 0 Å². The summed E-state index contributed by atoms with van der Waals surface area (Å²) < 4.78 is 2.45. The SMILES string of the molecule is CC(C)c1ccc(SN2CCN=C2N2C3CCC2CN(C2CCC2)C3)cc1. The molecule has 5 heteroatoms. The quantitative estimate of drug-likeness (QED) is 0.726. The van der Waals surface area contributed by atoms with Gasteiger partial charge in [0.05, 0.1) is 13.1 Å². The molecule has 0 amide bonds. The van der Waals surface area contributed by atoms with E-state index in [1.165, 1.54) is 61.6 Å². The fourth-order valence-corrected chi connectivity index (χ4v) is 5.99. The van der Waals surface area contributed by atoms with Crippen molar-refractivity contribution >= 4 is 17.9 Å². The fourth-order valence-electron chi connectivity index (χ4n) is 5.07. The van der Waals surface area contributed by atoms with Crippen molar-refractivity contribution in [3.63, 3.8) is 0 Å². The predicted molar refractivity (Wildman–Crippen MR) is 113 cm³/mol. The Morgan fingerprint density at radius 2 is 1.67 bits per heavy atom. The molecule has 3 heterocycles. The van der Waals surface area contributed by atoms with Crippen molar-refractivity contribution in [3.05, 3.63) is 29.8 Å². The van der Waals surface area contributed by atoms with E-state index >= 15 is 0 Å². The van der Waals surface area contributed by atoms with Gasteiger partial charge in [0.25, 0.3) is 0 Å². The predicted octanol–water partition coefficient (Wildman–Crippen LogP) is 4.19. The minimum Gasteiger partial charge on any atom is -0.334 e. The summed E-state index contributed by atoms with van der Waals surface area (Å²) in [6.07, 6.45) is 6.97. The van der Waals surface area contributed by atoms with Crippen LogP contribution in [0.1, 0.15) is 57.4 Å². The Balaban J connectivity index is 1.27. The molecular weight excluding hydrogens is 352 g/mol. The molecular formula is C22H32N4S. The molecule has 1 aromatic carbocycles. The Hall–Kier alpha value is -1.20. The molecule has 27 heavy (non-hydrogen) atoms. The number of nitrogens with zero attached hydrogens (tertiary/aromatic N) is 4. The highest BCUT2D eigenvalue weighted by Crippen LogP contribution is 2.38. The van der Waals surface area contributed by atoms with E-state index in [2.05, 4.69) is 52.2 Å². The summed E-state index contributed by atoms with van der Waals surface area (Å²) in [4.78, 5) is 11.8. The third-order valence-corrected chi connectivity index (χ3v) is 7.92. The van der Waals surface area contributed by atoms with Crippen LogP contribution in [0.5, 0.6) is 0 Å². The third-order valence-electron chi connectivity index (χ3n) is 6.87. The Morgan fingerprint density at radius 1 is 0.963 bits per heavy atom. The maximum Gasteiger partial charge on any atom is 0.207 e. The summed E-state index contributed by atoms with van der Waals surface area (Å²) >= 11 is 1.88. The first-order valence-corrected chi connectivity index (χ1v) is 11.6. The number of rotatable bonds is 4. The highest BCUT2D eigenvalue weighted by Gasteiger charge is 2.45. The number of hydrogen-bond acceptors (Lipinski definition) is 5. The van der Waals surface area contributed by atoms with Crippen LogP contribution in [0.4, 0.5) is 0 Å². The van der Waals surface area contributed by atoms with Crippen LogP contribution in [0.15, 0.2) is 34.2 Å². The van der Waals surface area contributed by atoms with Gasteiger partial charge >= 0.3 is 0 Å². The number of aliphatic imine (C=N–C) groups is 1. The lowest BCUT2D eigenvalue weighted by Crippen LogP contribution is -2.60. The van der Waals surface area contributed by atoms with Crippen molar-refractivity contribution in [1.82, 2.24) is 14.1 Å². The zero-order valence-corrected chi connectivity index (χ0v) is 17.5. The van der Waals surface area contributed by atoms with Crippen molar-refractivity contribution in [2.45, 2.75) is 74.9 Å². The Morgan fingerprint density at radius 3 is 2.26 bits per heavy atom. The van der Waals surface area contributed by atoms with E-state index in [-0.39, 0.29) is 0 Å². The van der Waals surface area contributed by atoms with E-state index in [9.17, 15) is 0 Å². The Labute approximate surface area is 168 Å². The maximum absolute atomic E-state index is 4.96. The van der Waals surface area contributed by atoms with Crippen LogP contribution in [0.3, 0.4) is 0 Å². The molecule has 0 N–H and O–H groups in total. The van der Waals surface area contributed by atoms with Gasteiger partial charge in [0, 0.05) is 36.1 Å². The van der Waals surface area contributed by atoms with Gasteiger partial charge in [0.15, 0.2) is 0 Å². The van der Waals surface area contributed by atoms with E-state index in [1.807, 2.05) is 11.9 Å². The van der Waals surface area contributed by atoms with Crippen LogP contribution < -0.4 is 0 Å². The average Bonchev–Trinajstić information content (AvgIpc) is 3.15. The number of guanidine groups is 1. The van der Waals surface area contributed by atoms with Crippen molar-refractivity contribution < 1.29 is 0 Å². The van der Waals surface area contributed by atoms with Gasteiger partial charge in [-0.2, -0.15) is 0 Å². The molecule has 5 rings (SSSR count). The average molecular weight is 385 g/mol. The second-order valence-electron chi connectivity index (χ2n) is 8.93. The fraction of sp³-hybridized carbons (Fsp3) is 0.682. The molecule has 3 fully saturated rings.